The molecule has 104 valence electrons. The lowest BCUT2D eigenvalue weighted by atomic mass is 10.1. The third-order valence-electron chi connectivity index (χ3n) is 3.42. The number of nitrogens with zero attached hydrogens (tertiary/aromatic N) is 2. The maximum Gasteiger partial charge on any atom is 0.136 e. The van der Waals surface area contributed by atoms with Crippen molar-refractivity contribution < 1.29 is 0 Å². The monoisotopic (exact) mass is 268 g/mol. The Balaban J connectivity index is 1.85. The first-order valence-corrected chi connectivity index (χ1v) is 7.06. The van der Waals surface area contributed by atoms with Gasteiger partial charge in [-0.2, -0.15) is 0 Å². The highest BCUT2D eigenvalue weighted by Crippen LogP contribution is 2.26. The number of anilines is 3. The summed E-state index contributed by atoms with van der Waals surface area (Å²) in [6, 6.07) is 8.95. The fourth-order valence-electron chi connectivity index (χ4n) is 2.15. The van der Waals surface area contributed by atoms with E-state index in [0.717, 1.165) is 23.1 Å². The van der Waals surface area contributed by atoms with E-state index in [9.17, 15) is 0 Å². The van der Waals surface area contributed by atoms with Gasteiger partial charge in [0.05, 0.1) is 0 Å². The van der Waals surface area contributed by atoms with Crippen LogP contribution in [-0.2, 0) is 0 Å². The average Bonchev–Trinajstić information content (AvgIpc) is 3.17. The Kier molecular flexibility index (Phi) is 3.30. The molecular formula is C16H20N4. The van der Waals surface area contributed by atoms with E-state index in [4.69, 9.17) is 0 Å². The molecule has 20 heavy (non-hydrogen) atoms. The Hall–Kier alpha value is -2.10. The molecule has 0 spiro atoms. The number of hydrogen-bond donors (Lipinski definition) is 2. The van der Waals surface area contributed by atoms with Crippen molar-refractivity contribution in [3.63, 3.8) is 0 Å². The van der Waals surface area contributed by atoms with Crippen LogP contribution in [-0.4, -0.2) is 16.0 Å². The molecule has 2 N–H and O–H groups in total. The van der Waals surface area contributed by atoms with E-state index in [0.29, 0.717) is 6.04 Å². The van der Waals surface area contributed by atoms with Crippen molar-refractivity contribution in [1.29, 1.82) is 0 Å². The molecular weight excluding hydrogens is 248 g/mol. The molecule has 1 heterocycles. The molecule has 1 aromatic carbocycles. The number of benzene rings is 1. The molecule has 1 aliphatic rings. The summed E-state index contributed by atoms with van der Waals surface area (Å²) in [5.74, 6) is 2.53. The first kappa shape index (κ1) is 12.9. The first-order valence-electron chi connectivity index (χ1n) is 7.06. The summed E-state index contributed by atoms with van der Waals surface area (Å²) in [6.45, 7) is 6.11. The van der Waals surface area contributed by atoms with Gasteiger partial charge in [0.2, 0.25) is 0 Å². The molecule has 0 aliphatic heterocycles. The maximum absolute atomic E-state index is 4.47. The van der Waals surface area contributed by atoms with Crippen LogP contribution in [0.2, 0.25) is 0 Å². The second-order valence-electron chi connectivity index (χ2n) is 5.55. The molecule has 1 saturated carbocycles. The molecule has 2 aromatic rings. The standard InChI is InChI=1S/C16H20N4/c1-10-4-5-11(2)14(8-10)20-16-9-15(17-12(3)18-16)19-13-6-7-13/h4-5,8-9,13H,6-7H2,1-3H3,(H2,17,18,19,20). The largest absolute Gasteiger partial charge is 0.367 e. The van der Waals surface area contributed by atoms with Gasteiger partial charge in [-0.05, 0) is 50.8 Å². The molecule has 0 atom stereocenters. The van der Waals surface area contributed by atoms with Gasteiger partial charge < -0.3 is 10.6 Å². The zero-order valence-corrected chi connectivity index (χ0v) is 12.2. The van der Waals surface area contributed by atoms with Crippen LogP contribution in [0.25, 0.3) is 0 Å². The van der Waals surface area contributed by atoms with Crippen LogP contribution < -0.4 is 10.6 Å². The molecule has 1 aliphatic carbocycles. The lowest BCUT2D eigenvalue weighted by Gasteiger charge is -2.12. The van der Waals surface area contributed by atoms with Crippen molar-refractivity contribution in [2.45, 2.75) is 39.7 Å². The summed E-state index contributed by atoms with van der Waals surface area (Å²) in [4.78, 5) is 8.90. The summed E-state index contributed by atoms with van der Waals surface area (Å²) >= 11 is 0. The summed E-state index contributed by atoms with van der Waals surface area (Å²) in [6.07, 6.45) is 2.48. The van der Waals surface area contributed by atoms with Gasteiger partial charge in [0.25, 0.3) is 0 Å². The van der Waals surface area contributed by atoms with Gasteiger partial charge >= 0.3 is 0 Å². The smallest absolute Gasteiger partial charge is 0.136 e. The zero-order chi connectivity index (χ0) is 14.1. The molecule has 1 fully saturated rings. The van der Waals surface area contributed by atoms with Crippen molar-refractivity contribution in [3.05, 3.63) is 41.2 Å². The van der Waals surface area contributed by atoms with Crippen LogP contribution >= 0.6 is 0 Å². The van der Waals surface area contributed by atoms with Crippen molar-refractivity contribution >= 4 is 17.3 Å². The van der Waals surface area contributed by atoms with Gasteiger partial charge in [0.15, 0.2) is 0 Å². The van der Waals surface area contributed by atoms with Gasteiger partial charge in [-0.3, -0.25) is 0 Å². The molecule has 0 saturated heterocycles. The van der Waals surface area contributed by atoms with E-state index in [-0.39, 0.29) is 0 Å². The lowest BCUT2D eigenvalue weighted by Crippen LogP contribution is -2.06. The highest BCUT2D eigenvalue weighted by molar-refractivity contribution is 5.63. The highest BCUT2D eigenvalue weighted by Gasteiger charge is 2.21. The minimum absolute atomic E-state index is 0.595. The van der Waals surface area contributed by atoms with Crippen molar-refractivity contribution in [1.82, 2.24) is 9.97 Å². The third-order valence-corrected chi connectivity index (χ3v) is 3.42. The van der Waals surface area contributed by atoms with Crippen LogP contribution in [0.4, 0.5) is 17.3 Å². The number of rotatable bonds is 4. The Morgan fingerprint density at radius 1 is 1.00 bits per heavy atom. The molecule has 3 rings (SSSR count). The molecule has 0 radical (unpaired) electrons. The minimum Gasteiger partial charge on any atom is -0.367 e. The minimum atomic E-state index is 0.595. The van der Waals surface area contributed by atoms with E-state index in [1.54, 1.807) is 0 Å². The van der Waals surface area contributed by atoms with Gasteiger partial charge in [-0.1, -0.05) is 12.1 Å². The van der Waals surface area contributed by atoms with Crippen LogP contribution in [0.3, 0.4) is 0 Å². The summed E-state index contributed by atoms with van der Waals surface area (Å²) in [5.41, 5.74) is 3.55. The lowest BCUT2D eigenvalue weighted by molar-refractivity contribution is 1.02. The molecule has 0 amide bonds. The molecule has 4 nitrogen and oxygen atoms in total. The Morgan fingerprint density at radius 2 is 1.75 bits per heavy atom. The summed E-state index contributed by atoms with van der Waals surface area (Å²) < 4.78 is 0. The summed E-state index contributed by atoms with van der Waals surface area (Å²) in [7, 11) is 0. The molecule has 1 aromatic heterocycles. The normalized spacial score (nSPS) is 14.2. The second-order valence-corrected chi connectivity index (χ2v) is 5.55. The van der Waals surface area contributed by atoms with Gasteiger partial charge in [-0.25, -0.2) is 9.97 Å². The van der Waals surface area contributed by atoms with Crippen molar-refractivity contribution in [3.8, 4) is 0 Å². The third kappa shape index (κ3) is 3.07. The first-order chi connectivity index (χ1) is 9.60. The van der Waals surface area contributed by atoms with E-state index in [2.05, 4.69) is 52.6 Å². The Morgan fingerprint density at radius 3 is 2.50 bits per heavy atom. The fourth-order valence-corrected chi connectivity index (χ4v) is 2.15. The highest BCUT2D eigenvalue weighted by atomic mass is 15.1. The predicted octanol–water partition coefficient (Wildman–Crippen LogP) is 3.72. The Bertz CT molecular complexity index is 632. The van der Waals surface area contributed by atoms with Gasteiger partial charge in [0, 0.05) is 17.8 Å². The number of aromatic nitrogens is 2. The van der Waals surface area contributed by atoms with Gasteiger partial charge in [0.1, 0.15) is 17.5 Å². The number of hydrogen-bond acceptors (Lipinski definition) is 4. The summed E-state index contributed by atoms with van der Waals surface area (Å²) in [5, 5.41) is 6.81. The van der Waals surface area contributed by atoms with Crippen molar-refractivity contribution in [2.75, 3.05) is 10.6 Å². The molecule has 0 bridgehead atoms. The SMILES string of the molecule is Cc1ccc(C)c(Nc2cc(NC3CC3)nc(C)n2)c1. The van der Waals surface area contributed by atoms with Gasteiger partial charge in [-0.15, -0.1) is 0 Å². The average molecular weight is 268 g/mol. The van der Waals surface area contributed by atoms with E-state index < -0.39 is 0 Å². The topological polar surface area (TPSA) is 49.8 Å². The second kappa shape index (κ2) is 5.12. The van der Waals surface area contributed by atoms with E-state index in [1.165, 1.54) is 24.0 Å². The van der Waals surface area contributed by atoms with E-state index >= 15 is 0 Å². The number of aryl methyl sites for hydroxylation is 3. The quantitative estimate of drug-likeness (QED) is 0.887. The zero-order valence-electron chi connectivity index (χ0n) is 12.2. The number of nitrogens with one attached hydrogen (secondary N) is 2. The van der Waals surface area contributed by atoms with Crippen LogP contribution in [0.5, 0.6) is 0 Å². The predicted molar refractivity (Wildman–Crippen MR) is 82.6 cm³/mol. The van der Waals surface area contributed by atoms with Crippen LogP contribution in [0.1, 0.15) is 29.8 Å². The molecule has 4 heteroatoms. The maximum atomic E-state index is 4.47. The fraction of sp³-hybridized carbons (Fsp3) is 0.375. The van der Waals surface area contributed by atoms with Crippen molar-refractivity contribution in [2.24, 2.45) is 0 Å². The van der Waals surface area contributed by atoms with Crippen LogP contribution in [0.15, 0.2) is 24.3 Å². The Labute approximate surface area is 119 Å². The molecule has 0 unspecified atom stereocenters. The van der Waals surface area contributed by atoms with E-state index in [1.807, 2.05) is 13.0 Å². The van der Waals surface area contributed by atoms with Crippen LogP contribution in [0, 0.1) is 20.8 Å².